The third-order valence-electron chi connectivity index (χ3n) is 5.67. The number of likely N-dealkylation sites (N-methyl/N-ethyl adjacent to an activating group) is 1. The molecule has 0 aliphatic rings. The molecule has 0 aliphatic heterocycles. The molecular formula is C26H27Cl2N3O4S. The first-order valence-corrected chi connectivity index (χ1v) is 13.3. The van der Waals surface area contributed by atoms with Crippen LogP contribution in [0.5, 0.6) is 0 Å². The summed E-state index contributed by atoms with van der Waals surface area (Å²) in [5.74, 6) is -0.973. The molecule has 0 unspecified atom stereocenters. The summed E-state index contributed by atoms with van der Waals surface area (Å²) in [5, 5.41) is 3.30. The van der Waals surface area contributed by atoms with Crippen LogP contribution in [-0.2, 0) is 26.2 Å². The van der Waals surface area contributed by atoms with Crippen LogP contribution in [0.2, 0.25) is 10.0 Å². The monoisotopic (exact) mass is 547 g/mol. The molecule has 1 atom stereocenters. The summed E-state index contributed by atoms with van der Waals surface area (Å²) in [6.07, 6.45) is 0. The van der Waals surface area contributed by atoms with Gasteiger partial charge >= 0.3 is 0 Å². The molecular weight excluding hydrogens is 521 g/mol. The average molecular weight is 548 g/mol. The van der Waals surface area contributed by atoms with E-state index in [4.69, 9.17) is 23.2 Å². The molecule has 0 radical (unpaired) electrons. The normalized spacial score (nSPS) is 12.0. The molecule has 190 valence electrons. The smallest absolute Gasteiger partial charge is 0.264 e. The number of hydrogen-bond acceptors (Lipinski definition) is 4. The van der Waals surface area contributed by atoms with Crippen LogP contribution in [-0.4, -0.2) is 44.8 Å². The number of rotatable bonds is 9. The second kappa shape index (κ2) is 11.8. The SMILES string of the molecule is CNC(=O)[C@@H](C)N(Cc1ccc(Cl)cc1Cl)C(=O)CN(c1cccc(C)c1)S(=O)(=O)c1ccccc1. The van der Waals surface area contributed by atoms with Crippen LogP contribution in [0.3, 0.4) is 0 Å². The highest BCUT2D eigenvalue weighted by atomic mass is 35.5. The number of anilines is 1. The fraction of sp³-hybridized carbons (Fsp3) is 0.231. The molecule has 10 heteroatoms. The number of amides is 2. The van der Waals surface area contributed by atoms with Gasteiger partial charge in [-0.15, -0.1) is 0 Å². The highest BCUT2D eigenvalue weighted by molar-refractivity contribution is 7.92. The van der Waals surface area contributed by atoms with Crippen molar-refractivity contribution in [2.75, 3.05) is 17.9 Å². The standard InChI is InChI=1S/C26H27Cl2N3O4S/c1-18-8-7-9-22(14-18)31(36(34,35)23-10-5-4-6-11-23)17-25(32)30(19(2)26(33)29-3)16-20-12-13-21(27)15-24(20)28/h4-15,19H,16-17H2,1-3H3,(H,29,33)/t19-/m1/s1. The van der Waals surface area contributed by atoms with E-state index in [0.717, 1.165) is 9.87 Å². The second-order valence-electron chi connectivity index (χ2n) is 8.21. The summed E-state index contributed by atoms with van der Waals surface area (Å²) in [4.78, 5) is 27.6. The van der Waals surface area contributed by atoms with Crippen molar-refractivity contribution in [3.05, 3.63) is 94.0 Å². The van der Waals surface area contributed by atoms with E-state index in [1.54, 1.807) is 61.5 Å². The summed E-state index contributed by atoms with van der Waals surface area (Å²) in [7, 11) is -2.63. The van der Waals surface area contributed by atoms with Gasteiger partial charge in [-0.1, -0.05) is 59.6 Å². The number of hydrogen-bond donors (Lipinski definition) is 1. The molecule has 7 nitrogen and oxygen atoms in total. The van der Waals surface area contributed by atoms with E-state index in [1.165, 1.54) is 24.1 Å². The minimum Gasteiger partial charge on any atom is -0.357 e. The number of benzene rings is 3. The molecule has 1 N–H and O–H groups in total. The fourth-order valence-electron chi connectivity index (χ4n) is 3.66. The van der Waals surface area contributed by atoms with Gasteiger partial charge < -0.3 is 10.2 Å². The van der Waals surface area contributed by atoms with Crippen molar-refractivity contribution in [2.45, 2.75) is 31.3 Å². The Morgan fingerprint density at radius 1 is 0.972 bits per heavy atom. The van der Waals surface area contributed by atoms with Gasteiger partial charge in [0.2, 0.25) is 11.8 Å². The van der Waals surface area contributed by atoms with Crippen LogP contribution >= 0.6 is 23.2 Å². The molecule has 0 aliphatic carbocycles. The van der Waals surface area contributed by atoms with Crippen LogP contribution < -0.4 is 9.62 Å². The maximum Gasteiger partial charge on any atom is 0.264 e. The van der Waals surface area contributed by atoms with Gasteiger partial charge in [0.1, 0.15) is 12.6 Å². The lowest BCUT2D eigenvalue weighted by Gasteiger charge is -2.32. The van der Waals surface area contributed by atoms with Crippen LogP contribution in [0, 0.1) is 6.92 Å². The molecule has 0 bridgehead atoms. The Kier molecular flexibility index (Phi) is 9.00. The zero-order valence-corrected chi connectivity index (χ0v) is 22.4. The number of sulfonamides is 1. The Balaban J connectivity index is 2.04. The van der Waals surface area contributed by atoms with Crippen LogP contribution in [0.1, 0.15) is 18.1 Å². The number of carbonyl (C=O) groups excluding carboxylic acids is 2. The van der Waals surface area contributed by atoms with Crippen molar-refractivity contribution in [2.24, 2.45) is 0 Å². The number of nitrogens with one attached hydrogen (secondary N) is 1. The van der Waals surface area contributed by atoms with E-state index in [1.807, 2.05) is 13.0 Å². The molecule has 36 heavy (non-hydrogen) atoms. The van der Waals surface area contributed by atoms with E-state index >= 15 is 0 Å². The second-order valence-corrected chi connectivity index (χ2v) is 10.9. The summed E-state index contributed by atoms with van der Waals surface area (Å²) in [6.45, 7) is 2.87. The lowest BCUT2D eigenvalue weighted by atomic mass is 10.1. The summed E-state index contributed by atoms with van der Waals surface area (Å²) < 4.78 is 28.4. The topological polar surface area (TPSA) is 86.8 Å². The van der Waals surface area contributed by atoms with Crippen molar-refractivity contribution < 1.29 is 18.0 Å². The lowest BCUT2D eigenvalue weighted by Crippen LogP contribution is -2.50. The highest BCUT2D eigenvalue weighted by Crippen LogP contribution is 2.27. The van der Waals surface area contributed by atoms with Gasteiger partial charge in [0, 0.05) is 23.6 Å². The molecule has 0 spiro atoms. The van der Waals surface area contributed by atoms with Crippen molar-refractivity contribution in [1.29, 1.82) is 0 Å². The Hall–Kier alpha value is -3.07. The minimum atomic E-state index is -4.10. The van der Waals surface area contributed by atoms with Crippen molar-refractivity contribution >= 4 is 50.7 Å². The Bertz CT molecular complexity index is 1350. The minimum absolute atomic E-state index is 0.0174. The first kappa shape index (κ1) is 27.5. The van der Waals surface area contributed by atoms with Gasteiger partial charge in [-0.3, -0.25) is 13.9 Å². The van der Waals surface area contributed by atoms with Crippen LogP contribution in [0.4, 0.5) is 5.69 Å². The predicted molar refractivity (Wildman–Crippen MR) is 143 cm³/mol. The third kappa shape index (κ3) is 6.37. The van der Waals surface area contributed by atoms with E-state index in [2.05, 4.69) is 5.32 Å². The van der Waals surface area contributed by atoms with Gasteiger partial charge in [-0.05, 0) is 61.4 Å². The molecule has 0 saturated carbocycles. The van der Waals surface area contributed by atoms with Gasteiger partial charge in [-0.25, -0.2) is 8.42 Å². The zero-order chi connectivity index (χ0) is 26.5. The molecule has 3 rings (SSSR count). The molecule has 0 aromatic heterocycles. The van der Waals surface area contributed by atoms with Crippen molar-refractivity contribution in [3.8, 4) is 0 Å². The predicted octanol–water partition coefficient (Wildman–Crippen LogP) is 4.66. The molecule has 3 aromatic rings. The molecule has 0 heterocycles. The quantitative estimate of drug-likeness (QED) is 0.422. The highest BCUT2D eigenvalue weighted by Gasteiger charge is 2.32. The lowest BCUT2D eigenvalue weighted by molar-refractivity contribution is -0.139. The van der Waals surface area contributed by atoms with Crippen LogP contribution in [0.15, 0.2) is 77.7 Å². The van der Waals surface area contributed by atoms with Gasteiger partial charge in [0.05, 0.1) is 10.6 Å². The maximum atomic E-state index is 13.7. The Morgan fingerprint density at radius 3 is 2.28 bits per heavy atom. The number of aryl methyl sites for hydroxylation is 1. The number of carbonyl (C=O) groups is 2. The summed E-state index contributed by atoms with van der Waals surface area (Å²) in [5.41, 5.74) is 1.74. The van der Waals surface area contributed by atoms with E-state index in [9.17, 15) is 18.0 Å². The first-order chi connectivity index (χ1) is 17.0. The maximum absolute atomic E-state index is 13.7. The third-order valence-corrected chi connectivity index (χ3v) is 8.04. The van der Waals surface area contributed by atoms with E-state index in [-0.39, 0.29) is 11.4 Å². The van der Waals surface area contributed by atoms with Crippen molar-refractivity contribution in [1.82, 2.24) is 10.2 Å². The summed E-state index contributed by atoms with van der Waals surface area (Å²) >= 11 is 12.3. The van der Waals surface area contributed by atoms with E-state index < -0.39 is 34.4 Å². The van der Waals surface area contributed by atoms with Crippen LogP contribution in [0.25, 0.3) is 0 Å². The molecule has 0 fully saturated rings. The Morgan fingerprint density at radius 2 is 1.67 bits per heavy atom. The van der Waals surface area contributed by atoms with Gasteiger partial charge in [-0.2, -0.15) is 0 Å². The number of halogens is 2. The van der Waals surface area contributed by atoms with E-state index in [0.29, 0.717) is 21.3 Å². The van der Waals surface area contributed by atoms with Crippen molar-refractivity contribution in [3.63, 3.8) is 0 Å². The molecule has 3 aromatic carbocycles. The number of nitrogens with zero attached hydrogens (tertiary/aromatic N) is 2. The van der Waals surface area contributed by atoms with Gasteiger partial charge in [0.25, 0.3) is 10.0 Å². The fourth-order valence-corrected chi connectivity index (χ4v) is 5.55. The average Bonchev–Trinajstić information content (AvgIpc) is 2.86. The zero-order valence-electron chi connectivity index (χ0n) is 20.1. The molecule has 2 amide bonds. The summed E-state index contributed by atoms with van der Waals surface area (Å²) in [6, 6.07) is 18.7. The Labute approximate surface area is 221 Å². The molecule has 0 saturated heterocycles. The first-order valence-electron chi connectivity index (χ1n) is 11.1. The largest absolute Gasteiger partial charge is 0.357 e. The van der Waals surface area contributed by atoms with Gasteiger partial charge in [0.15, 0.2) is 0 Å².